The van der Waals surface area contributed by atoms with Gasteiger partial charge in [-0.1, -0.05) is 35.3 Å². The average Bonchev–Trinajstić information content (AvgIpc) is 3.10. The van der Waals surface area contributed by atoms with E-state index in [2.05, 4.69) is 10.5 Å². The molecule has 0 saturated heterocycles. The van der Waals surface area contributed by atoms with Gasteiger partial charge in [0.05, 0.1) is 6.21 Å². The van der Waals surface area contributed by atoms with E-state index in [-0.39, 0.29) is 6.61 Å². The van der Waals surface area contributed by atoms with Crippen molar-refractivity contribution in [2.24, 2.45) is 5.10 Å². The molecule has 7 heteroatoms. The molecule has 5 nitrogen and oxygen atoms in total. The number of nitrogens with zero attached hydrogens (tertiary/aromatic N) is 1. The second-order valence-electron chi connectivity index (χ2n) is 5.25. The highest BCUT2D eigenvalue weighted by Crippen LogP contribution is 2.24. The third-order valence-electron chi connectivity index (χ3n) is 3.30. The Morgan fingerprint density at radius 3 is 2.65 bits per heavy atom. The predicted octanol–water partition coefficient (Wildman–Crippen LogP) is 4.78. The van der Waals surface area contributed by atoms with Gasteiger partial charge in [-0.05, 0) is 48.5 Å². The highest BCUT2D eigenvalue weighted by atomic mass is 35.5. The largest absolute Gasteiger partial charge is 0.484 e. The second kappa shape index (κ2) is 8.56. The van der Waals surface area contributed by atoms with Crippen molar-refractivity contribution in [3.05, 3.63) is 76.5 Å². The van der Waals surface area contributed by atoms with Crippen LogP contribution in [0.25, 0.3) is 11.3 Å². The molecule has 26 heavy (non-hydrogen) atoms. The van der Waals surface area contributed by atoms with Crippen molar-refractivity contribution >= 4 is 35.3 Å². The normalized spacial score (nSPS) is 10.8. The van der Waals surface area contributed by atoms with Gasteiger partial charge in [-0.3, -0.25) is 4.79 Å². The zero-order valence-corrected chi connectivity index (χ0v) is 15.0. The summed E-state index contributed by atoms with van der Waals surface area (Å²) in [5.41, 5.74) is 3.23. The number of benzene rings is 2. The fraction of sp³-hybridized carbons (Fsp3) is 0.0526. The second-order valence-corrected chi connectivity index (χ2v) is 6.12. The van der Waals surface area contributed by atoms with Crippen LogP contribution in [-0.4, -0.2) is 18.7 Å². The first kappa shape index (κ1) is 18.0. The first-order valence-corrected chi connectivity index (χ1v) is 8.42. The molecule has 0 fully saturated rings. The van der Waals surface area contributed by atoms with E-state index in [1.54, 1.807) is 48.5 Å². The minimum atomic E-state index is -0.391. The zero-order valence-electron chi connectivity index (χ0n) is 13.5. The molecule has 0 aliphatic heterocycles. The molecular formula is C19H14Cl2N2O3. The van der Waals surface area contributed by atoms with Gasteiger partial charge in [0.1, 0.15) is 17.3 Å². The van der Waals surface area contributed by atoms with E-state index < -0.39 is 5.91 Å². The van der Waals surface area contributed by atoms with Crippen LogP contribution < -0.4 is 10.2 Å². The molecule has 2 aromatic carbocycles. The van der Waals surface area contributed by atoms with E-state index in [1.165, 1.54) is 6.21 Å². The van der Waals surface area contributed by atoms with Crippen LogP contribution in [0.3, 0.4) is 0 Å². The van der Waals surface area contributed by atoms with E-state index in [0.717, 1.165) is 5.56 Å². The third kappa shape index (κ3) is 5.12. The first-order valence-electron chi connectivity index (χ1n) is 7.66. The minimum absolute atomic E-state index is 0.162. The summed E-state index contributed by atoms with van der Waals surface area (Å²) >= 11 is 11.7. The van der Waals surface area contributed by atoms with Crippen molar-refractivity contribution in [2.75, 3.05) is 6.61 Å². The van der Waals surface area contributed by atoms with E-state index in [4.69, 9.17) is 32.4 Å². The van der Waals surface area contributed by atoms with Gasteiger partial charge in [0, 0.05) is 15.6 Å². The van der Waals surface area contributed by atoms with Gasteiger partial charge in [0.25, 0.3) is 5.91 Å². The third-order valence-corrected chi connectivity index (χ3v) is 3.79. The quantitative estimate of drug-likeness (QED) is 0.487. The van der Waals surface area contributed by atoms with Gasteiger partial charge in [-0.15, -0.1) is 0 Å². The van der Waals surface area contributed by atoms with Crippen molar-refractivity contribution in [3.8, 4) is 17.1 Å². The van der Waals surface area contributed by atoms with Crippen LogP contribution >= 0.6 is 23.2 Å². The molecule has 0 atom stereocenters. The van der Waals surface area contributed by atoms with Crippen molar-refractivity contribution < 1.29 is 13.9 Å². The summed E-state index contributed by atoms with van der Waals surface area (Å²) in [6.45, 7) is -0.162. The monoisotopic (exact) mass is 388 g/mol. The Balaban J connectivity index is 1.50. The summed E-state index contributed by atoms with van der Waals surface area (Å²) in [5, 5.41) is 5.07. The molecule has 1 heterocycles. The minimum Gasteiger partial charge on any atom is -0.484 e. The Morgan fingerprint density at radius 1 is 1.08 bits per heavy atom. The lowest BCUT2D eigenvalue weighted by atomic mass is 10.2. The summed E-state index contributed by atoms with van der Waals surface area (Å²) in [6, 6.07) is 17.6. The molecule has 3 rings (SSSR count). The Bertz CT molecular complexity index is 921. The lowest BCUT2D eigenvalue weighted by Crippen LogP contribution is -2.24. The molecule has 3 aromatic rings. The van der Waals surface area contributed by atoms with Crippen LogP contribution in [0.5, 0.6) is 5.75 Å². The number of halogens is 2. The molecule has 1 amide bonds. The first-order chi connectivity index (χ1) is 12.6. The Kier molecular flexibility index (Phi) is 5.94. The van der Waals surface area contributed by atoms with Crippen LogP contribution in [0.4, 0.5) is 0 Å². The van der Waals surface area contributed by atoms with Crippen LogP contribution in [-0.2, 0) is 4.79 Å². The van der Waals surface area contributed by atoms with E-state index in [0.29, 0.717) is 27.3 Å². The van der Waals surface area contributed by atoms with Crippen molar-refractivity contribution in [2.45, 2.75) is 0 Å². The molecule has 0 aliphatic carbocycles. The number of furan rings is 1. The number of amides is 1. The van der Waals surface area contributed by atoms with Gasteiger partial charge in [-0.2, -0.15) is 5.10 Å². The average molecular weight is 389 g/mol. The molecule has 1 N–H and O–H groups in total. The van der Waals surface area contributed by atoms with Gasteiger partial charge >= 0.3 is 0 Å². The Hall–Kier alpha value is -2.76. The summed E-state index contributed by atoms with van der Waals surface area (Å²) in [6.07, 6.45) is 1.41. The van der Waals surface area contributed by atoms with E-state index in [9.17, 15) is 4.79 Å². The molecule has 0 saturated carbocycles. The molecule has 0 bridgehead atoms. The molecular weight excluding hydrogens is 375 g/mol. The fourth-order valence-corrected chi connectivity index (χ4v) is 2.42. The van der Waals surface area contributed by atoms with Crippen LogP contribution in [0.2, 0.25) is 10.0 Å². The SMILES string of the molecule is O=C(COc1ccc(Cl)cc1)NN=Cc1ccc(-c2cccc(Cl)c2)o1. The van der Waals surface area contributed by atoms with Crippen LogP contribution in [0, 0.1) is 0 Å². The molecule has 0 aliphatic rings. The molecule has 0 unspecified atom stereocenters. The summed E-state index contributed by atoms with van der Waals surface area (Å²) in [5.74, 6) is 1.31. The number of nitrogens with one attached hydrogen (secondary N) is 1. The molecule has 0 spiro atoms. The highest BCUT2D eigenvalue weighted by molar-refractivity contribution is 6.31. The van der Waals surface area contributed by atoms with Crippen molar-refractivity contribution in [3.63, 3.8) is 0 Å². The Labute approximate surface area is 160 Å². The smallest absolute Gasteiger partial charge is 0.277 e. The van der Waals surface area contributed by atoms with E-state index >= 15 is 0 Å². The number of ether oxygens (including phenoxy) is 1. The number of carbonyl (C=O) groups excluding carboxylic acids is 1. The number of rotatable bonds is 6. The highest BCUT2D eigenvalue weighted by Gasteiger charge is 2.05. The molecule has 132 valence electrons. The van der Waals surface area contributed by atoms with Crippen molar-refractivity contribution in [1.82, 2.24) is 5.43 Å². The predicted molar refractivity (Wildman–Crippen MR) is 102 cm³/mol. The zero-order chi connectivity index (χ0) is 18.4. The molecule has 0 radical (unpaired) electrons. The summed E-state index contributed by atoms with van der Waals surface area (Å²) in [7, 11) is 0. The number of hydrazone groups is 1. The summed E-state index contributed by atoms with van der Waals surface area (Å²) < 4.78 is 11.0. The van der Waals surface area contributed by atoms with E-state index in [1.807, 2.05) is 12.1 Å². The van der Waals surface area contributed by atoms with Crippen molar-refractivity contribution in [1.29, 1.82) is 0 Å². The van der Waals surface area contributed by atoms with Gasteiger partial charge in [0.2, 0.25) is 0 Å². The van der Waals surface area contributed by atoms with Gasteiger partial charge < -0.3 is 9.15 Å². The van der Waals surface area contributed by atoms with Crippen LogP contribution in [0.1, 0.15) is 5.76 Å². The number of carbonyl (C=O) groups is 1. The maximum atomic E-state index is 11.7. The fourth-order valence-electron chi connectivity index (χ4n) is 2.10. The molecule has 1 aromatic heterocycles. The van der Waals surface area contributed by atoms with Gasteiger partial charge in [-0.25, -0.2) is 5.43 Å². The maximum Gasteiger partial charge on any atom is 0.277 e. The Morgan fingerprint density at radius 2 is 1.88 bits per heavy atom. The van der Waals surface area contributed by atoms with Crippen LogP contribution in [0.15, 0.2) is 70.2 Å². The topological polar surface area (TPSA) is 63.8 Å². The standard InChI is InChI=1S/C19H14Cl2N2O3/c20-14-4-6-16(7-5-14)25-12-19(24)23-22-11-17-8-9-18(26-17)13-2-1-3-15(21)10-13/h1-11H,12H2,(H,23,24). The number of hydrogen-bond donors (Lipinski definition) is 1. The number of hydrogen-bond acceptors (Lipinski definition) is 4. The lowest BCUT2D eigenvalue weighted by molar-refractivity contribution is -0.123. The maximum absolute atomic E-state index is 11.7. The van der Waals surface area contributed by atoms with Gasteiger partial charge in [0.15, 0.2) is 6.61 Å². The summed E-state index contributed by atoms with van der Waals surface area (Å²) in [4.78, 5) is 11.7. The lowest BCUT2D eigenvalue weighted by Gasteiger charge is -2.04.